The molecular formula is C20H18ClF3N2O4. The van der Waals surface area contributed by atoms with Gasteiger partial charge in [0.1, 0.15) is 22.6 Å². The van der Waals surface area contributed by atoms with E-state index in [-0.39, 0.29) is 34.6 Å². The van der Waals surface area contributed by atoms with E-state index in [9.17, 15) is 23.2 Å². The second kappa shape index (κ2) is 10.2. The molecule has 6 nitrogen and oxygen atoms in total. The molecule has 10 heteroatoms. The Labute approximate surface area is 176 Å². The first-order valence-electron chi connectivity index (χ1n) is 8.97. The van der Waals surface area contributed by atoms with Crippen molar-refractivity contribution in [2.24, 2.45) is 0 Å². The molecule has 0 bridgehead atoms. The maximum Gasteiger partial charge on any atom is 0.417 e. The Morgan fingerprint density at radius 2 is 2.03 bits per heavy atom. The monoisotopic (exact) mass is 442 g/mol. The fraction of sp³-hybridized carbons (Fsp3) is 0.350. The molecule has 1 aromatic carbocycles. The van der Waals surface area contributed by atoms with Gasteiger partial charge in [-0.3, -0.25) is 0 Å². The van der Waals surface area contributed by atoms with Gasteiger partial charge < -0.3 is 14.2 Å². The first-order chi connectivity index (χ1) is 14.2. The van der Waals surface area contributed by atoms with Crippen molar-refractivity contribution in [2.45, 2.75) is 39.0 Å². The Kier molecular flexibility index (Phi) is 7.89. The first-order valence-corrected chi connectivity index (χ1v) is 9.35. The Morgan fingerprint density at radius 3 is 2.60 bits per heavy atom. The Hall–Kier alpha value is -2.99. The van der Waals surface area contributed by atoms with E-state index in [1.54, 1.807) is 6.92 Å². The molecule has 2 aromatic rings. The van der Waals surface area contributed by atoms with Crippen LogP contribution in [0.25, 0.3) is 0 Å². The van der Waals surface area contributed by atoms with Crippen molar-refractivity contribution in [3.05, 3.63) is 46.6 Å². The molecule has 0 spiro atoms. The summed E-state index contributed by atoms with van der Waals surface area (Å²) in [7, 11) is 0. The highest BCUT2D eigenvalue weighted by Gasteiger charge is 2.32. The van der Waals surface area contributed by atoms with Crippen LogP contribution < -0.4 is 9.47 Å². The van der Waals surface area contributed by atoms with Gasteiger partial charge in [0.25, 0.3) is 0 Å². The summed E-state index contributed by atoms with van der Waals surface area (Å²) < 4.78 is 54.3. The minimum Gasteiger partial charge on any atom is -0.477 e. The van der Waals surface area contributed by atoms with E-state index in [4.69, 9.17) is 25.8 Å². The molecule has 0 aliphatic heterocycles. The summed E-state index contributed by atoms with van der Waals surface area (Å²) >= 11 is 5.85. The number of nitriles is 1. The van der Waals surface area contributed by atoms with Crippen molar-refractivity contribution < 1.29 is 32.2 Å². The van der Waals surface area contributed by atoms with Crippen LogP contribution in [0.4, 0.5) is 13.2 Å². The summed E-state index contributed by atoms with van der Waals surface area (Å²) in [6.07, 6.45) is -3.93. The molecule has 0 saturated heterocycles. The van der Waals surface area contributed by atoms with Crippen LogP contribution in [0.5, 0.6) is 17.4 Å². The summed E-state index contributed by atoms with van der Waals surface area (Å²) in [4.78, 5) is 15.7. The number of alkyl halides is 3. The van der Waals surface area contributed by atoms with Crippen molar-refractivity contribution in [3.8, 4) is 23.4 Å². The van der Waals surface area contributed by atoms with Crippen LogP contribution in [0.1, 0.15) is 37.8 Å². The molecule has 1 unspecified atom stereocenters. The number of halogens is 4. The topological polar surface area (TPSA) is 81.4 Å². The van der Waals surface area contributed by atoms with E-state index < -0.39 is 23.8 Å². The lowest BCUT2D eigenvalue weighted by Crippen LogP contribution is -2.29. The van der Waals surface area contributed by atoms with Crippen LogP contribution in [-0.4, -0.2) is 23.7 Å². The van der Waals surface area contributed by atoms with Crippen molar-refractivity contribution in [2.75, 3.05) is 6.61 Å². The molecule has 0 N–H and O–H groups in total. The van der Waals surface area contributed by atoms with Gasteiger partial charge in [0.2, 0.25) is 5.88 Å². The van der Waals surface area contributed by atoms with Gasteiger partial charge >= 0.3 is 12.1 Å². The maximum absolute atomic E-state index is 12.7. The number of benzene rings is 1. The molecule has 0 radical (unpaired) electrons. The molecular weight excluding hydrogens is 425 g/mol. The molecule has 160 valence electrons. The summed E-state index contributed by atoms with van der Waals surface area (Å²) in [6, 6.07) is 6.76. The zero-order valence-corrected chi connectivity index (χ0v) is 16.9. The number of hydrogen-bond donors (Lipinski definition) is 0. The molecule has 2 rings (SSSR count). The fourth-order valence-corrected chi connectivity index (χ4v) is 2.60. The SMILES string of the molecule is CCCC(Oc1cc(Oc2ncc(C(F)(F)F)cc2Cl)ccc1C#N)C(=O)OCC. The van der Waals surface area contributed by atoms with Crippen LogP contribution in [0.3, 0.4) is 0 Å². The summed E-state index contributed by atoms with van der Waals surface area (Å²) in [5, 5.41) is 8.97. The third kappa shape index (κ3) is 6.00. The standard InChI is InChI=1S/C20H18ClF3N2O4/c1-3-5-16(19(27)28-4-2)30-17-9-14(7-6-12(17)10-25)29-18-15(21)8-13(11-26-18)20(22,23)24/h6-9,11,16H,3-5H2,1-2H3. The van der Waals surface area contributed by atoms with Crippen molar-refractivity contribution >= 4 is 17.6 Å². The van der Waals surface area contributed by atoms with Gasteiger partial charge in [-0.05, 0) is 31.5 Å². The Bertz CT molecular complexity index is 945. The highest BCUT2D eigenvalue weighted by molar-refractivity contribution is 6.31. The molecule has 1 atom stereocenters. The number of nitrogens with zero attached hydrogens (tertiary/aromatic N) is 2. The van der Waals surface area contributed by atoms with Gasteiger partial charge in [-0.25, -0.2) is 9.78 Å². The average molecular weight is 443 g/mol. The van der Waals surface area contributed by atoms with E-state index in [1.807, 2.05) is 13.0 Å². The van der Waals surface area contributed by atoms with E-state index in [0.717, 1.165) is 0 Å². The molecule has 30 heavy (non-hydrogen) atoms. The zero-order chi connectivity index (χ0) is 22.3. The van der Waals surface area contributed by atoms with Gasteiger partial charge in [0, 0.05) is 12.3 Å². The average Bonchev–Trinajstić information content (AvgIpc) is 2.69. The molecule has 0 amide bonds. The van der Waals surface area contributed by atoms with Gasteiger partial charge in [-0.15, -0.1) is 0 Å². The van der Waals surface area contributed by atoms with Gasteiger partial charge in [0.15, 0.2) is 6.10 Å². The smallest absolute Gasteiger partial charge is 0.417 e. The number of pyridine rings is 1. The largest absolute Gasteiger partial charge is 0.477 e. The molecule has 0 aliphatic carbocycles. The number of aromatic nitrogens is 1. The van der Waals surface area contributed by atoms with Crippen molar-refractivity contribution in [1.82, 2.24) is 4.98 Å². The highest BCUT2D eigenvalue weighted by atomic mass is 35.5. The van der Waals surface area contributed by atoms with Gasteiger partial charge in [0.05, 0.1) is 17.7 Å². The van der Waals surface area contributed by atoms with E-state index in [0.29, 0.717) is 25.1 Å². The van der Waals surface area contributed by atoms with Crippen LogP contribution >= 0.6 is 11.6 Å². The number of carbonyl (C=O) groups excluding carboxylic acids is 1. The molecule has 0 fully saturated rings. The summed E-state index contributed by atoms with van der Waals surface area (Å²) in [5.41, 5.74) is -0.875. The van der Waals surface area contributed by atoms with Crippen molar-refractivity contribution in [3.63, 3.8) is 0 Å². The minimum absolute atomic E-state index is 0.0598. The third-order valence-corrected chi connectivity index (χ3v) is 4.06. The second-order valence-corrected chi connectivity index (χ2v) is 6.43. The van der Waals surface area contributed by atoms with Crippen LogP contribution in [0.2, 0.25) is 5.02 Å². The number of esters is 1. The minimum atomic E-state index is -4.59. The van der Waals surface area contributed by atoms with E-state index >= 15 is 0 Å². The molecule has 0 saturated carbocycles. The lowest BCUT2D eigenvalue weighted by Gasteiger charge is -2.18. The third-order valence-electron chi connectivity index (χ3n) is 3.79. The van der Waals surface area contributed by atoms with E-state index in [2.05, 4.69) is 4.98 Å². The quantitative estimate of drug-likeness (QED) is 0.500. The lowest BCUT2D eigenvalue weighted by molar-refractivity contribution is -0.151. The summed E-state index contributed by atoms with van der Waals surface area (Å²) in [6.45, 7) is 3.70. The first kappa shape index (κ1) is 23.3. The number of carbonyl (C=O) groups is 1. The number of rotatable bonds is 8. The van der Waals surface area contributed by atoms with Crippen molar-refractivity contribution in [1.29, 1.82) is 5.26 Å². The molecule has 1 heterocycles. The molecule has 1 aromatic heterocycles. The second-order valence-electron chi connectivity index (χ2n) is 6.03. The molecule has 0 aliphatic rings. The predicted octanol–water partition coefficient (Wildman–Crippen LogP) is 5.53. The van der Waals surface area contributed by atoms with E-state index in [1.165, 1.54) is 18.2 Å². The van der Waals surface area contributed by atoms with Crippen LogP contribution in [0, 0.1) is 11.3 Å². The number of ether oxygens (including phenoxy) is 3. The van der Waals surface area contributed by atoms with Crippen LogP contribution in [-0.2, 0) is 15.7 Å². The number of hydrogen-bond acceptors (Lipinski definition) is 6. The van der Waals surface area contributed by atoms with Crippen LogP contribution in [0.15, 0.2) is 30.5 Å². The van der Waals surface area contributed by atoms with Gasteiger partial charge in [-0.2, -0.15) is 18.4 Å². The highest BCUT2D eigenvalue weighted by Crippen LogP contribution is 2.36. The zero-order valence-electron chi connectivity index (χ0n) is 16.1. The lowest BCUT2D eigenvalue weighted by atomic mass is 10.2. The van der Waals surface area contributed by atoms with Gasteiger partial charge in [-0.1, -0.05) is 24.9 Å². The summed E-state index contributed by atoms with van der Waals surface area (Å²) in [5.74, 6) is -0.653. The fourth-order valence-electron chi connectivity index (χ4n) is 2.40. The predicted molar refractivity (Wildman–Crippen MR) is 101 cm³/mol. The Balaban J connectivity index is 2.30. The Morgan fingerprint density at radius 1 is 1.30 bits per heavy atom. The maximum atomic E-state index is 12.7. The normalized spacial score (nSPS) is 12.0.